The van der Waals surface area contributed by atoms with E-state index in [4.69, 9.17) is 0 Å². The van der Waals surface area contributed by atoms with E-state index in [1.807, 2.05) is 19.1 Å². The van der Waals surface area contributed by atoms with E-state index in [-0.39, 0.29) is 0 Å². The maximum absolute atomic E-state index is 4.04. The van der Waals surface area contributed by atoms with Crippen LogP contribution in [0, 0.1) is 0 Å². The van der Waals surface area contributed by atoms with Crippen LogP contribution >= 0.6 is 12.6 Å². The standard InChI is InChI=1S/C6H10S/c1-3-6(4-2)5-7/h3-4,7H,1,5H2,2H3/b6-4+. The van der Waals surface area contributed by atoms with Crippen LogP contribution in [0.3, 0.4) is 0 Å². The first kappa shape index (κ1) is 6.83. The van der Waals surface area contributed by atoms with E-state index in [2.05, 4.69) is 19.2 Å². The Labute approximate surface area is 50.3 Å². The van der Waals surface area contributed by atoms with Gasteiger partial charge >= 0.3 is 0 Å². The van der Waals surface area contributed by atoms with Crippen LogP contribution in [0.15, 0.2) is 24.3 Å². The fraction of sp³-hybridized carbons (Fsp3) is 0.333. The third kappa shape index (κ3) is 2.52. The van der Waals surface area contributed by atoms with E-state index in [1.54, 1.807) is 0 Å². The van der Waals surface area contributed by atoms with Crippen molar-refractivity contribution in [3.05, 3.63) is 24.3 Å². The van der Waals surface area contributed by atoms with E-state index in [1.165, 1.54) is 5.57 Å². The van der Waals surface area contributed by atoms with Gasteiger partial charge in [-0.2, -0.15) is 12.6 Å². The zero-order chi connectivity index (χ0) is 5.70. The number of rotatable bonds is 2. The molecule has 0 rings (SSSR count). The zero-order valence-electron chi connectivity index (χ0n) is 4.52. The predicted molar refractivity (Wildman–Crippen MR) is 37.8 cm³/mol. The topological polar surface area (TPSA) is 0 Å². The van der Waals surface area contributed by atoms with Crippen molar-refractivity contribution in [2.24, 2.45) is 0 Å². The minimum atomic E-state index is 0.792. The van der Waals surface area contributed by atoms with Crippen LogP contribution in [-0.4, -0.2) is 5.75 Å². The third-order valence-electron chi connectivity index (χ3n) is 0.816. The molecule has 0 N–H and O–H groups in total. The Kier molecular flexibility index (Phi) is 3.90. The maximum atomic E-state index is 4.04. The molecule has 0 unspecified atom stereocenters. The molecule has 0 heterocycles. The summed E-state index contributed by atoms with van der Waals surface area (Å²) in [5.41, 5.74) is 1.18. The highest BCUT2D eigenvalue weighted by molar-refractivity contribution is 7.80. The van der Waals surface area contributed by atoms with Gasteiger partial charge in [-0.05, 0) is 12.5 Å². The number of allylic oxidation sites excluding steroid dienone is 2. The van der Waals surface area contributed by atoms with Gasteiger partial charge in [-0.3, -0.25) is 0 Å². The molecule has 0 spiro atoms. The second-order valence-corrected chi connectivity index (χ2v) is 1.54. The first-order chi connectivity index (χ1) is 3.35. The van der Waals surface area contributed by atoms with E-state index < -0.39 is 0 Å². The summed E-state index contributed by atoms with van der Waals surface area (Å²) in [5.74, 6) is 0.792. The van der Waals surface area contributed by atoms with Crippen LogP contribution in [0.4, 0.5) is 0 Å². The average Bonchev–Trinajstić information content (AvgIpc) is 1.72. The average molecular weight is 114 g/mol. The summed E-state index contributed by atoms with van der Waals surface area (Å²) < 4.78 is 0. The summed E-state index contributed by atoms with van der Waals surface area (Å²) in [7, 11) is 0. The highest BCUT2D eigenvalue weighted by Gasteiger charge is 1.78. The van der Waals surface area contributed by atoms with Crippen LogP contribution in [0.5, 0.6) is 0 Å². The summed E-state index contributed by atoms with van der Waals surface area (Å²) in [6.45, 7) is 5.56. The molecule has 0 saturated carbocycles. The van der Waals surface area contributed by atoms with Crippen LogP contribution in [0.1, 0.15) is 6.92 Å². The van der Waals surface area contributed by atoms with Gasteiger partial charge in [0, 0.05) is 5.75 Å². The highest BCUT2D eigenvalue weighted by Crippen LogP contribution is 1.95. The molecule has 0 nitrogen and oxygen atoms in total. The summed E-state index contributed by atoms with van der Waals surface area (Å²) in [6, 6.07) is 0. The fourth-order valence-corrected chi connectivity index (χ4v) is 0.585. The second-order valence-electron chi connectivity index (χ2n) is 1.23. The molecule has 0 radical (unpaired) electrons. The first-order valence-electron chi connectivity index (χ1n) is 2.23. The molecule has 0 bridgehead atoms. The summed E-state index contributed by atoms with van der Waals surface area (Å²) in [6.07, 6.45) is 3.81. The van der Waals surface area contributed by atoms with Gasteiger partial charge in [-0.15, -0.1) is 0 Å². The maximum Gasteiger partial charge on any atom is 0.0150 e. The molecule has 0 fully saturated rings. The molecule has 0 aromatic heterocycles. The molecule has 0 atom stereocenters. The Morgan fingerprint density at radius 3 is 2.43 bits per heavy atom. The van der Waals surface area contributed by atoms with E-state index >= 15 is 0 Å². The Balaban J connectivity index is 3.60. The Hall–Kier alpha value is -0.170. The Morgan fingerprint density at radius 2 is 2.43 bits per heavy atom. The number of hydrogen-bond donors (Lipinski definition) is 1. The van der Waals surface area contributed by atoms with Crippen molar-refractivity contribution in [2.45, 2.75) is 6.92 Å². The lowest BCUT2D eigenvalue weighted by Gasteiger charge is -1.87. The van der Waals surface area contributed by atoms with Gasteiger partial charge in [0.15, 0.2) is 0 Å². The van der Waals surface area contributed by atoms with Crippen molar-refractivity contribution in [1.82, 2.24) is 0 Å². The van der Waals surface area contributed by atoms with Crippen LogP contribution in [-0.2, 0) is 0 Å². The molecular weight excluding hydrogens is 104 g/mol. The molecule has 7 heavy (non-hydrogen) atoms. The highest BCUT2D eigenvalue weighted by atomic mass is 32.1. The minimum absolute atomic E-state index is 0.792. The van der Waals surface area contributed by atoms with Gasteiger partial charge in [-0.1, -0.05) is 18.7 Å². The van der Waals surface area contributed by atoms with Gasteiger partial charge in [0.25, 0.3) is 0 Å². The van der Waals surface area contributed by atoms with Gasteiger partial charge < -0.3 is 0 Å². The van der Waals surface area contributed by atoms with Crippen molar-refractivity contribution >= 4 is 12.6 Å². The molecule has 0 aliphatic rings. The minimum Gasteiger partial charge on any atom is -0.175 e. The molecule has 0 saturated heterocycles. The smallest absolute Gasteiger partial charge is 0.0150 e. The quantitative estimate of drug-likeness (QED) is 0.412. The normalized spacial score (nSPS) is 11.4. The van der Waals surface area contributed by atoms with E-state index in [0.717, 1.165) is 5.75 Å². The molecule has 40 valence electrons. The predicted octanol–water partition coefficient (Wildman–Crippen LogP) is 2.05. The van der Waals surface area contributed by atoms with Crippen LogP contribution in [0.25, 0.3) is 0 Å². The summed E-state index contributed by atoms with van der Waals surface area (Å²) in [4.78, 5) is 0. The van der Waals surface area contributed by atoms with Gasteiger partial charge in [0.05, 0.1) is 0 Å². The van der Waals surface area contributed by atoms with Crippen molar-refractivity contribution in [3.63, 3.8) is 0 Å². The van der Waals surface area contributed by atoms with E-state index in [9.17, 15) is 0 Å². The lowest BCUT2D eigenvalue weighted by atomic mass is 10.3. The fourth-order valence-electron chi connectivity index (χ4n) is 0.274. The first-order valence-corrected chi connectivity index (χ1v) is 2.87. The lowest BCUT2D eigenvalue weighted by Crippen LogP contribution is -1.73. The van der Waals surface area contributed by atoms with Crippen LogP contribution in [0.2, 0.25) is 0 Å². The molecule has 0 aliphatic heterocycles. The third-order valence-corrected chi connectivity index (χ3v) is 1.18. The largest absolute Gasteiger partial charge is 0.175 e. The van der Waals surface area contributed by atoms with Crippen molar-refractivity contribution in [2.75, 3.05) is 5.75 Å². The monoisotopic (exact) mass is 114 g/mol. The van der Waals surface area contributed by atoms with Gasteiger partial charge in [0.1, 0.15) is 0 Å². The van der Waals surface area contributed by atoms with Crippen molar-refractivity contribution in [3.8, 4) is 0 Å². The molecule has 0 aromatic carbocycles. The molecular formula is C6H10S. The Bertz CT molecular complexity index is 82.2. The second kappa shape index (κ2) is 4.00. The SMILES string of the molecule is C=C/C(=C\C)CS. The van der Waals surface area contributed by atoms with Crippen molar-refractivity contribution in [1.29, 1.82) is 0 Å². The lowest BCUT2D eigenvalue weighted by molar-refractivity contribution is 1.51. The Morgan fingerprint density at radius 1 is 1.86 bits per heavy atom. The summed E-state index contributed by atoms with van der Waals surface area (Å²) in [5, 5.41) is 0. The van der Waals surface area contributed by atoms with E-state index in [0.29, 0.717) is 0 Å². The number of hydrogen-bond acceptors (Lipinski definition) is 1. The molecule has 1 heteroatoms. The zero-order valence-corrected chi connectivity index (χ0v) is 5.41. The summed E-state index contributed by atoms with van der Waals surface area (Å²) >= 11 is 4.04. The number of thiol groups is 1. The molecule has 0 aromatic rings. The van der Waals surface area contributed by atoms with Crippen molar-refractivity contribution < 1.29 is 0 Å². The molecule has 0 amide bonds. The van der Waals surface area contributed by atoms with Gasteiger partial charge in [-0.25, -0.2) is 0 Å². The molecule has 0 aliphatic carbocycles. The van der Waals surface area contributed by atoms with Crippen LogP contribution < -0.4 is 0 Å². The van der Waals surface area contributed by atoms with Gasteiger partial charge in [0.2, 0.25) is 0 Å².